The number of fused-ring (bicyclic) bond motifs is 2. The highest BCUT2D eigenvalue weighted by molar-refractivity contribution is 9.10. The van der Waals surface area contributed by atoms with Gasteiger partial charge in [-0.05, 0) is 66.6 Å². The Kier molecular flexibility index (Phi) is 3.54. The maximum absolute atomic E-state index is 13.7. The van der Waals surface area contributed by atoms with Crippen LogP contribution >= 0.6 is 15.9 Å². The molecule has 0 fully saturated rings. The molecule has 2 aromatic rings. The van der Waals surface area contributed by atoms with Gasteiger partial charge in [0.05, 0.1) is 5.71 Å². The molecule has 0 aromatic heterocycles. The number of hydrogen-bond acceptors (Lipinski definition) is 2. The molecule has 2 aromatic carbocycles. The molecule has 24 heavy (non-hydrogen) atoms. The number of aliphatic imine (C=N–C) groups is 1. The van der Waals surface area contributed by atoms with Crippen molar-refractivity contribution in [3.05, 3.63) is 68.7 Å². The molecule has 0 radical (unpaired) electrons. The summed E-state index contributed by atoms with van der Waals surface area (Å²) in [5.74, 6) is -1.61. The third-order valence-electron chi connectivity index (χ3n) is 5.16. The summed E-state index contributed by atoms with van der Waals surface area (Å²) in [5.41, 5.74) is 4.27. The Bertz CT molecular complexity index is 930. The van der Waals surface area contributed by atoms with Gasteiger partial charge in [-0.2, -0.15) is 10.3 Å². The molecule has 2 aliphatic carbocycles. The molecule has 1 unspecified atom stereocenters. The van der Waals surface area contributed by atoms with Crippen LogP contribution in [-0.4, -0.2) is 5.71 Å². The van der Waals surface area contributed by atoms with Gasteiger partial charge in [0.15, 0.2) is 11.6 Å². The summed E-state index contributed by atoms with van der Waals surface area (Å²) in [5, 5.41) is 9.15. The standard InChI is InChI=1S/C19H13BrF2N2/c20-14-2-1-12-8-19(18(24-10-23)15(12)7-14)4-3-11-5-16(21)17(22)6-13(11)9-19/h1-2,5-7H,3-4,8-9H2/b24-18+. The zero-order chi connectivity index (χ0) is 16.9. The van der Waals surface area contributed by atoms with Crippen molar-refractivity contribution < 1.29 is 8.78 Å². The number of aryl methyl sites for hydroxylation is 1. The molecule has 0 amide bonds. The van der Waals surface area contributed by atoms with Crippen molar-refractivity contribution in [1.82, 2.24) is 0 Å². The average molecular weight is 387 g/mol. The zero-order valence-corrected chi connectivity index (χ0v) is 14.3. The number of hydrogen-bond donors (Lipinski definition) is 0. The maximum atomic E-state index is 13.7. The van der Waals surface area contributed by atoms with E-state index < -0.39 is 11.6 Å². The van der Waals surface area contributed by atoms with Crippen LogP contribution in [0.3, 0.4) is 0 Å². The van der Waals surface area contributed by atoms with Crippen LogP contribution in [0, 0.1) is 28.5 Å². The number of nitrogens with zero attached hydrogens (tertiary/aromatic N) is 2. The first-order valence-corrected chi connectivity index (χ1v) is 8.54. The molecule has 0 bridgehead atoms. The number of halogens is 3. The zero-order valence-electron chi connectivity index (χ0n) is 12.7. The summed E-state index contributed by atoms with van der Waals surface area (Å²) < 4.78 is 28.1. The molecule has 4 rings (SSSR count). The van der Waals surface area contributed by atoms with Gasteiger partial charge in [-0.3, -0.25) is 0 Å². The Morgan fingerprint density at radius 2 is 1.75 bits per heavy atom. The summed E-state index contributed by atoms with van der Waals surface area (Å²) in [6, 6.07) is 8.61. The smallest absolute Gasteiger partial charge is 0.204 e. The second kappa shape index (κ2) is 5.49. The van der Waals surface area contributed by atoms with E-state index in [0.29, 0.717) is 12.8 Å². The summed E-state index contributed by atoms with van der Waals surface area (Å²) in [6.45, 7) is 0. The van der Waals surface area contributed by atoms with E-state index in [1.54, 1.807) is 0 Å². The SMILES string of the molecule is N#C/N=C1\c2cc(Br)ccc2CC12CCc1cc(F)c(F)cc1C2. The van der Waals surface area contributed by atoms with Crippen molar-refractivity contribution in [2.24, 2.45) is 10.4 Å². The predicted octanol–water partition coefficient (Wildman–Crippen LogP) is 4.73. The van der Waals surface area contributed by atoms with Gasteiger partial charge in [0.1, 0.15) is 0 Å². The van der Waals surface area contributed by atoms with Crippen LogP contribution in [0.5, 0.6) is 0 Å². The van der Waals surface area contributed by atoms with E-state index in [0.717, 1.165) is 45.3 Å². The summed E-state index contributed by atoms with van der Waals surface area (Å²) in [6.07, 6.45) is 4.71. The Balaban J connectivity index is 1.83. The van der Waals surface area contributed by atoms with Gasteiger partial charge in [-0.25, -0.2) is 8.78 Å². The Labute approximate surface area is 147 Å². The molecule has 1 spiro atoms. The van der Waals surface area contributed by atoms with Crippen LogP contribution < -0.4 is 0 Å². The first-order chi connectivity index (χ1) is 11.5. The predicted molar refractivity (Wildman–Crippen MR) is 90.8 cm³/mol. The molecule has 5 heteroatoms. The Hall–Kier alpha value is -2.06. The molecule has 1 atom stereocenters. The summed E-state index contributed by atoms with van der Waals surface area (Å²) >= 11 is 3.47. The second-order valence-electron chi connectivity index (χ2n) is 6.53. The van der Waals surface area contributed by atoms with Gasteiger partial charge in [-0.15, -0.1) is 0 Å². The lowest BCUT2D eigenvalue weighted by molar-refractivity contribution is 0.369. The van der Waals surface area contributed by atoms with Gasteiger partial charge in [0.2, 0.25) is 6.19 Å². The first kappa shape index (κ1) is 15.5. The van der Waals surface area contributed by atoms with Crippen LogP contribution in [0.4, 0.5) is 8.78 Å². The molecular weight excluding hydrogens is 374 g/mol. The minimum Gasteiger partial charge on any atom is -0.204 e. The lowest BCUT2D eigenvalue weighted by Crippen LogP contribution is -2.35. The minimum absolute atomic E-state index is 0.309. The van der Waals surface area contributed by atoms with Crippen molar-refractivity contribution in [1.29, 1.82) is 5.26 Å². The van der Waals surface area contributed by atoms with Crippen LogP contribution in [0.15, 0.2) is 39.8 Å². The molecule has 0 saturated heterocycles. The second-order valence-corrected chi connectivity index (χ2v) is 7.45. The minimum atomic E-state index is -0.817. The number of benzene rings is 2. The van der Waals surface area contributed by atoms with E-state index in [-0.39, 0.29) is 5.41 Å². The van der Waals surface area contributed by atoms with E-state index in [2.05, 4.69) is 20.9 Å². The summed E-state index contributed by atoms with van der Waals surface area (Å²) in [4.78, 5) is 4.13. The van der Waals surface area contributed by atoms with Crippen molar-refractivity contribution >= 4 is 21.6 Å². The van der Waals surface area contributed by atoms with E-state index in [1.165, 1.54) is 12.1 Å². The van der Waals surface area contributed by atoms with Crippen LogP contribution in [-0.2, 0) is 19.3 Å². The normalized spacial score (nSPS) is 23.2. The van der Waals surface area contributed by atoms with Crippen molar-refractivity contribution in [2.75, 3.05) is 0 Å². The molecular formula is C19H13BrF2N2. The summed E-state index contributed by atoms with van der Waals surface area (Å²) in [7, 11) is 0. The molecule has 120 valence electrons. The number of rotatable bonds is 0. The average Bonchev–Trinajstić information content (AvgIpc) is 2.83. The third kappa shape index (κ3) is 2.29. The van der Waals surface area contributed by atoms with Gasteiger partial charge < -0.3 is 0 Å². The fraction of sp³-hybridized carbons (Fsp3) is 0.263. The van der Waals surface area contributed by atoms with E-state index in [4.69, 9.17) is 5.26 Å². The molecule has 0 saturated carbocycles. The highest BCUT2D eigenvalue weighted by Crippen LogP contribution is 2.47. The first-order valence-electron chi connectivity index (χ1n) is 7.75. The Morgan fingerprint density at radius 3 is 2.50 bits per heavy atom. The topological polar surface area (TPSA) is 36.1 Å². The van der Waals surface area contributed by atoms with Gasteiger partial charge in [0, 0.05) is 15.5 Å². The van der Waals surface area contributed by atoms with Crippen molar-refractivity contribution in [2.45, 2.75) is 25.7 Å². The molecule has 0 heterocycles. The molecule has 2 nitrogen and oxygen atoms in total. The highest BCUT2D eigenvalue weighted by Gasteiger charge is 2.45. The van der Waals surface area contributed by atoms with E-state index in [1.807, 2.05) is 24.4 Å². The fourth-order valence-electron chi connectivity index (χ4n) is 4.09. The lowest BCUT2D eigenvalue weighted by Gasteiger charge is -2.35. The monoisotopic (exact) mass is 386 g/mol. The van der Waals surface area contributed by atoms with E-state index >= 15 is 0 Å². The van der Waals surface area contributed by atoms with Gasteiger partial charge in [-0.1, -0.05) is 22.0 Å². The fourth-order valence-corrected chi connectivity index (χ4v) is 4.45. The maximum Gasteiger partial charge on any atom is 0.205 e. The van der Waals surface area contributed by atoms with Crippen molar-refractivity contribution in [3.8, 4) is 6.19 Å². The largest absolute Gasteiger partial charge is 0.205 e. The lowest BCUT2D eigenvalue weighted by atomic mass is 9.68. The van der Waals surface area contributed by atoms with E-state index in [9.17, 15) is 8.78 Å². The molecule has 0 N–H and O–H groups in total. The van der Waals surface area contributed by atoms with Gasteiger partial charge in [0.25, 0.3) is 0 Å². The highest BCUT2D eigenvalue weighted by atomic mass is 79.9. The van der Waals surface area contributed by atoms with Gasteiger partial charge >= 0.3 is 0 Å². The van der Waals surface area contributed by atoms with Crippen LogP contribution in [0.1, 0.15) is 28.7 Å². The van der Waals surface area contributed by atoms with Crippen LogP contribution in [0.25, 0.3) is 0 Å². The molecule has 0 aliphatic heterocycles. The van der Waals surface area contributed by atoms with Crippen LogP contribution in [0.2, 0.25) is 0 Å². The Morgan fingerprint density at radius 1 is 1.04 bits per heavy atom. The number of nitriles is 1. The van der Waals surface area contributed by atoms with Crippen molar-refractivity contribution in [3.63, 3.8) is 0 Å². The molecule has 2 aliphatic rings. The third-order valence-corrected chi connectivity index (χ3v) is 5.66. The quantitative estimate of drug-likeness (QED) is 0.602.